The van der Waals surface area contributed by atoms with E-state index >= 15 is 0 Å². The van der Waals surface area contributed by atoms with Crippen molar-refractivity contribution in [2.75, 3.05) is 23.8 Å². The number of fused-ring (bicyclic) bond motifs is 2. The average molecular weight is 1170 g/mol. The van der Waals surface area contributed by atoms with E-state index in [0.29, 0.717) is 46.5 Å². The number of hydrogen-bond donors (Lipinski definition) is 4. The van der Waals surface area contributed by atoms with E-state index in [4.69, 9.17) is 55.9 Å². The van der Waals surface area contributed by atoms with Gasteiger partial charge in [-0.2, -0.15) is 46.7 Å². The molecule has 2 aromatic heterocycles. The van der Waals surface area contributed by atoms with Crippen molar-refractivity contribution in [3.8, 4) is 34.1 Å². The zero-order chi connectivity index (χ0) is 53.2. The van der Waals surface area contributed by atoms with Gasteiger partial charge in [-0.3, -0.25) is 9.11 Å². The van der Waals surface area contributed by atoms with Gasteiger partial charge in [0.05, 0.1) is 24.6 Å². The van der Waals surface area contributed by atoms with E-state index in [1.165, 1.54) is 36.4 Å². The molecule has 4 N–H and O–H groups in total. The summed E-state index contributed by atoms with van der Waals surface area (Å²) >= 11 is 23.5. The van der Waals surface area contributed by atoms with Crippen molar-refractivity contribution >= 4 is 134 Å². The Hall–Kier alpha value is -5.16. The predicted octanol–water partition coefficient (Wildman–Crippen LogP) is 5.80. The molecule has 6 aromatic carbocycles. The minimum atomic E-state index is -5.05. The van der Waals surface area contributed by atoms with Crippen LogP contribution in [0.5, 0.6) is 23.0 Å². The normalized spacial score (nSPS) is 11.8. The number of halogens is 4. The van der Waals surface area contributed by atoms with Gasteiger partial charge in [-0.1, -0.05) is 37.5 Å². The summed E-state index contributed by atoms with van der Waals surface area (Å²) in [7, 11) is -10.1. The smallest absolute Gasteiger partial charge is 0.871 e. The van der Waals surface area contributed by atoms with Crippen LogP contribution in [0.4, 0.5) is 46.0 Å². The fourth-order valence-electron chi connectivity index (χ4n) is 7.38. The predicted molar refractivity (Wildman–Crippen MR) is 274 cm³/mol. The Bertz CT molecular complexity index is 3580. The standard InChI is InChI=1S/C46H38Cl4N12O10S2.2Na/c1-5-11-71-33-19-29(21(3)13-31(33)59-61-37-35(73(65,66)67)17-23-15-25(7-9-27(23)39(37)63)51-45-55-41(47)53-42(48)56-45)30-20-34(72-12-6-2)32(14-22(30)4)60-62-38-36(74(68,69)70)18-24-16-26(8-10-28(24)40(38)64)52-46-57-43(49)54-44(50)58-46;;/h7-10,13-20,63-64H,5-6,11-12H2,1-4H3,(H,65,66,67)(H,68,69,70)(H,51,53,55,56)(H,52,54,57,58);;/q;2*+1/p-2. The van der Waals surface area contributed by atoms with Crippen LogP contribution < -0.4 is 89.4 Å². The molecule has 0 fully saturated rings. The molecule has 0 atom stereocenters. The third kappa shape index (κ3) is 13.9. The van der Waals surface area contributed by atoms with E-state index < -0.39 is 52.9 Å². The average Bonchev–Trinajstić information content (AvgIpc) is 3.31. The molecule has 382 valence electrons. The number of rotatable bonds is 17. The van der Waals surface area contributed by atoms with Crippen LogP contribution in [-0.4, -0.2) is 69.1 Å². The van der Waals surface area contributed by atoms with Crippen molar-refractivity contribution in [3.05, 3.63) is 105 Å². The number of ether oxygens (including phenoxy) is 2. The van der Waals surface area contributed by atoms with E-state index in [1.54, 1.807) is 38.1 Å². The van der Waals surface area contributed by atoms with Crippen LogP contribution in [0.2, 0.25) is 21.1 Å². The summed E-state index contributed by atoms with van der Waals surface area (Å²) in [5.74, 6) is -1.37. The largest absolute Gasteiger partial charge is 1.00 e. The van der Waals surface area contributed by atoms with Gasteiger partial charge in [-0.05, 0) is 178 Å². The topological polar surface area (TPSA) is 324 Å². The number of anilines is 4. The molecule has 0 bridgehead atoms. The first kappa shape index (κ1) is 60.1. The summed E-state index contributed by atoms with van der Waals surface area (Å²) in [5.41, 5.74) is 2.01. The molecule has 2 heterocycles. The van der Waals surface area contributed by atoms with Crippen LogP contribution in [0, 0.1) is 13.8 Å². The fraction of sp³-hybridized carbons (Fsp3) is 0.174. The zero-order valence-corrected chi connectivity index (χ0v) is 49.4. The maximum atomic E-state index is 13.9. The molecule has 0 unspecified atom stereocenters. The maximum absolute atomic E-state index is 13.9. The number of aromatic nitrogens is 6. The second-order valence-corrected chi connectivity index (χ2v) is 20.1. The Labute approximate surface area is 497 Å². The number of azo groups is 2. The summed E-state index contributed by atoms with van der Waals surface area (Å²) in [6.07, 6.45) is 1.15. The van der Waals surface area contributed by atoms with Gasteiger partial charge in [0.25, 0.3) is 20.2 Å². The van der Waals surface area contributed by atoms with Crippen LogP contribution in [0.15, 0.2) is 103 Å². The zero-order valence-electron chi connectivity index (χ0n) is 40.7. The first-order valence-electron chi connectivity index (χ1n) is 21.7. The molecule has 8 aromatic rings. The Morgan fingerprint density at radius 3 is 1.22 bits per heavy atom. The van der Waals surface area contributed by atoms with E-state index in [0.717, 1.165) is 12.1 Å². The summed E-state index contributed by atoms with van der Waals surface area (Å²) < 4.78 is 83.9. The van der Waals surface area contributed by atoms with E-state index in [9.17, 15) is 36.2 Å². The van der Waals surface area contributed by atoms with Gasteiger partial charge in [0.2, 0.25) is 33.0 Å². The van der Waals surface area contributed by atoms with Crippen molar-refractivity contribution < 1.29 is 105 Å². The molecule has 0 spiro atoms. The van der Waals surface area contributed by atoms with Gasteiger partial charge in [0, 0.05) is 11.4 Å². The Kier molecular flexibility index (Phi) is 19.8. The molecule has 8 rings (SSSR count). The van der Waals surface area contributed by atoms with Gasteiger partial charge in [0.1, 0.15) is 32.7 Å². The third-order valence-electron chi connectivity index (χ3n) is 10.6. The molecule has 0 aliphatic carbocycles. The van der Waals surface area contributed by atoms with Crippen LogP contribution >= 0.6 is 46.4 Å². The van der Waals surface area contributed by atoms with Crippen molar-refractivity contribution in [1.82, 2.24) is 29.9 Å². The quantitative estimate of drug-likeness (QED) is 0.0475. The monoisotopic (exact) mass is 1170 g/mol. The molecule has 0 saturated heterocycles. The number of nitrogens with zero attached hydrogens (tertiary/aromatic N) is 10. The Morgan fingerprint density at radius 1 is 0.539 bits per heavy atom. The van der Waals surface area contributed by atoms with E-state index in [2.05, 4.69) is 61.0 Å². The first-order valence-corrected chi connectivity index (χ1v) is 26.1. The van der Waals surface area contributed by atoms with Crippen LogP contribution in [0.25, 0.3) is 32.7 Å². The molecule has 0 aliphatic rings. The van der Waals surface area contributed by atoms with Gasteiger partial charge < -0.3 is 30.3 Å². The van der Waals surface area contributed by atoms with Gasteiger partial charge in [-0.25, -0.2) is 0 Å². The summed E-state index contributed by atoms with van der Waals surface area (Å²) in [5, 5.41) is 49.8. The summed E-state index contributed by atoms with van der Waals surface area (Å²) in [4.78, 5) is 21.5. The van der Waals surface area contributed by atoms with Crippen molar-refractivity contribution in [2.24, 2.45) is 20.5 Å². The van der Waals surface area contributed by atoms with Crippen LogP contribution in [0.3, 0.4) is 0 Å². The van der Waals surface area contributed by atoms with Crippen molar-refractivity contribution in [3.63, 3.8) is 0 Å². The Morgan fingerprint density at radius 2 is 0.895 bits per heavy atom. The Balaban J connectivity index is 0.00000469. The van der Waals surface area contributed by atoms with Crippen LogP contribution in [0.1, 0.15) is 37.8 Å². The van der Waals surface area contributed by atoms with E-state index in [-0.39, 0.29) is 150 Å². The second kappa shape index (κ2) is 25.1. The first-order chi connectivity index (χ1) is 35.1. The van der Waals surface area contributed by atoms with E-state index in [1.807, 2.05) is 13.8 Å². The number of benzene rings is 6. The van der Waals surface area contributed by atoms with Crippen LogP contribution in [-0.2, 0) is 20.2 Å². The SMILES string of the molecule is CCCOc1cc(-c2cc(OCCC)c(N=Nc3c(S(=O)(=O)O)cc4cc(Nc5nc(Cl)nc(Cl)n5)ccc4c3[O-])cc2C)c(C)cc1N=Nc1c(S(=O)(=O)O)cc2cc(Nc3nc(Cl)nc(Cl)n3)ccc2c1[O-].[Na+].[Na+]. The molecule has 0 aliphatic heterocycles. The van der Waals surface area contributed by atoms with Gasteiger partial charge >= 0.3 is 59.1 Å². The molecule has 30 heteroatoms. The minimum absolute atomic E-state index is 0. The second-order valence-electron chi connectivity index (χ2n) is 15.9. The molecule has 0 saturated carbocycles. The van der Waals surface area contributed by atoms with Gasteiger partial charge in [-0.15, -0.1) is 20.5 Å². The van der Waals surface area contributed by atoms with Crippen molar-refractivity contribution in [2.45, 2.75) is 50.3 Å². The number of nitrogens with one attached hydrogen (secondary N) is 2. The van der Waals surface area contributed by atoms with Gasteiger partial charge in [0.15, 0.2) is 0 Å². The number of hydrogen-bond acceptors (Lipinski definition) is 20. The summed E-state index contributed by atoms with van der Waals surface area (Å²) in [6, 6.07) is 17.4. The molecular weight excluding hydrogens is 1130 g/mol. The molecule has 0 amide bonds. The fourth-order valence-corrected chi connectivity index (χ4v) is 9.42. The summed E-state index contributed by atoms with van der Waals surface area (Å²) in [6.45, 7) is 7.74. The minimum Gasteiger partial charge on any atom is -0.871 e. The van der Waals surface area contributed by atoms with Crippen molar-refractivity contribution in [1.29, 1.82) is 0 Å². The molecular formula is C46H36Cl4N12Na2O10S2. The maximum Gasteiger partial charge on any atom is 1.00 e. The number of aryl methyl sites for hydroxylation is 2. The molecule has 76 heavy (non-hydrogen) atoms. The molecule has 22 nitrogen and oxygen atoms in total. The third-order valence-corrected chi connectivity index (χ3v) is 13.0. The molecule has 0 radical (unpaired) electrons.